The van der Waals surface area contributed by atoms with Crippen molar-refractivity contribution in [1.29, 1.82) is 5.26 Å². The average Bonchev–Trinajstić information content (AvgIpc) is 2.72. The summed E-state index contributed by atoms with van der Waals surface area (Å²) in [4.78, 5) is 23.6. The number of nitriles is 1. The number of piperidine rings is 1. The van der Waals surface area contributed by atoms with Crippen LogP contribution in [0.2, 0.25) is 0 Å². The highest BCUT2D eigenvalue weighted by molar-refractivity contribution is 5.79. The number of nitrogens with one attached hydrogen (secondary N) is 1. The standard InChI is InChI=1S/C14H14N4O2/c1-17-12-6-9(7-15)2-4-11(12)18(14(17)20)10-3-5-13(19)16-8-10/h2,4,6,10H,3,5,8H2,1H3,(H,16,19). The minimum absolute atomic E-state index is 0.0290. The third-order valence-corrected chi connectivity index (χ3v) is 3.82. The number of hydrogen-bond acceptors (Lipinski definition) is 3. The van der Waals surface area contributed by atoms with E-state index in [1.807, 2.05) is 0 Å². The molecule has 0 radical (unpaired) electrons. The Bertz CT molecular complexity index is 784. The van der Waals surface area contributed by atoms with Crippen LogP contribution < -0.4 is 11.0 Å². The monoisotopic (exact) mass is 270 g/mol. The number of nitrogens with zero attached hydrogens (tertiary/aromatic N) is 3. The molecule has 1 aromatic heterocycles. The predicted molar refractivity (Wildman–Crippen MR) is 73.2 cm³/mol. The lowest BCUT2D eigenvalue weighted by atomic mass is 10.1. The molecule has 1 saturated heterocycles. The maximum absolute atomic E-state index is 12.4. The number of imidazole rings is 1. The van der Waals surface area contributed by atoms with Gasteiger partial charge in [-0.1, -0.05) is 0 Å². The van der Waals surface area contributed by atoms with E-state index >= 15 is 0 Å². The highest BCUT2D eigenvalue weighted by atomic mass is 16.2. The van der Waals surface area contributed by atoms with Gasteiger partial charge in [-0.25, -0.2) is 4.79 Å². The second kappa shape index (κ2) is 4.53. The van der Waals surface area contributed by atoms with E-state index in [4.69, 9.17) is 5.26 Å². The third kappa shape index (κ3) is 1.79. The topological polar surface area (TPSA) is 79.8 Å². The van der Waals surface area contributed by atoms with Gasteiger partial charge in [0.2, 0.25) is 5.91 Å². The van der Waals surface area contributed by atoms with Crippen LogP contribution in [0.4, 0.5) is 0 Å². The van der Waals surface area contributed by atoms with Crippen molar-refractivity contribution in [3.05, 3.63) is 34.2 Å². The second-order valence-corrected chi connectivity index (χ2v) is 5.02. The summed E-state index contributed by atoms with van der Waals surface area (Å²) >= 11 is 0. The maximum Gasteiger partial charge on any atom is 0.329 e. The Kier molecular flexibility index (Phi) is 2.83. The van der Waals surface area contributed by atoms with Crippen LogP contribution in [0.1, 0.15) is 24.4 Å². The smallest absolute Gasteiger partial charge is 0.329 e. The number of carbonyl (C=O) groups excluding carboxylic acids is 1. The Morgan fingerprint density at radius 2 is 2.15 bits per heavy atom. The summed E-state index contributed by atoms with van der Waals surface area (Å²) in [5.74, 6) is 0.0290. The summed E-state index contributed by atoms with van der Waals surface area (Å²) in [6.45, 7) is 0.470. The number of benzene rings is 1. The minimum Gasteiger partial charge on any atom is -0.354 e. The highest BCUT2D eigenvalue weighted by Crippen LogP contribution is 2.22. The van der Waals surface area contributed by atoms with Crippen LogP contribution in [-0.4, -0.2) is 21.6 Å². The van der Waals surface area contributed by atoms with Crippen molar-refractivity contribution in [2.75, 3.05) is 6.54 Å². The Balaban J connectivity index is 2.16. The van der Waals surface area contributed by atoms with Crippen molar-refractivity contribution in [1.82, 2.24) is 14.5 Å². The molecule has 1 N–H and O–H groups in total. The molecule has 0 aliphatic carbocycles. The second-order valence-electron chi connectivity index (χ2n) is 5.02. The Morgan fingerprint density at radius 3 is 2.80 bits per heavy atom. The Labute approximate surface area is 115 Å². The van der Waals surface area contributed by atoms with Crippen molar-refractivity contribution < 1.29 is 4.79 Å². The van der Waals surface area contributed by atoms with Crippen LogP contribution >= 0.6 is 0 Å². The number of fused-ring (bicyclic) bond motifs is 1. The molecule has 1 amide bonds. The number of amides is 1. The molecule has 0 bridgehead atoms. The molecule has 2 heterocycles. The lowest BCUT2D eigenvalue weighted by Gasteiger charge is -2.23. The maximum atomic E-state index is 12.4. The van der Waals surface area contributed by atoms with E-state index < -0.39 is 0 Å². The van der Waals surface area contributed by atoms with Gasteiger partial charge in [-0.05, 0) is 24.6 Å². The molecule has 3 rings (SSSR count). The molecule has 1 aromatic carbocycles. The summed E-state index contributed by atoms with van der Waals surface area (Å²) in [5, 5.41) is 11.7. The number of carbonyl (C=O) groups is 1. The van der Waals surface area contributed by atoms with Crippen molar-refractivity contribution in [2.24, 2.45) is 7.05 Å². The highest BCUT2D eigenvalue weighted by Gasteiger charge is 2.24. The fourth-order valence-electron chi connectivity index (χ4n) is 2.73. The van der Waals surface area contributed by atoms with Gasteiger partial charge in [-0.15, -0.1) is 0 Å². The largest absolute Gasteiger partial charge is 0.354 e. The molecule has 1 atom stereocenters. The first kappa shape index (κ1) is 12.5. The molecule has 6 heteroatoms. The van der Waals surface area contributed by atoms with Crippen LogP contribution in [0.5, 0.6) is 0 Å². The van der Waals surface area contributed by atoms with Crippen LogP contribution in [-0.2, 0) is 11.8 Å². The normalized spacial score (nSPS) is 18.8. The first-order valence-electron chi connectivity index (χ1n) is 6.49. The number of aromatic nitrogens is 2. The van der Waals surface area contributed by atoms with Crippen LogP contribution in [0.15, 0.2) is 23.0 Å². The molecule has 1 fully saturated rings. The molecule has 1 aliphatic heterocycles. The fourth-order valence-corrected chi connectivity index (χ4v) is 2.73. The molecular weight excluding hydrogens is 256 g/mol. The Morgan fingerprint density at radius 1 is 1.35 bits per heavy atom. The molecule has 0 saturated carbocycles. The van der Waals surface area contributed by atoms with Crippen molar-refractivity contribution in [2.45, 2.75) is 18.9 Å². The summed E-state index contributed by atoms with van der Waals surface area (Å²) in [6, 6.07) is 7.27. The lowest BCUT2D eigenvalue weighted by molar-refractivity contribution is -0.122. The number of aryl methyl sites for hydroxylation is 1. The summed E-state index contributed by atoms with van der Waals surface area (Å²) in [6.07, 6.45) is 1.09. The van der Waals surface area contributed by atoms with Gasteiger partial charge in [0.15, 0.2) is 0 Å². The lowest BCUT2D eigenvalue weighted by Crippen LogP contribution is -2.39. The molecule has 6 nitrogen and oxygen atoms in total. The summed E-state index contributed by atoms with van der Waals surface area (Å²) < 4.78 is 3.27. The molecule has 1 aliphatic rings. The van der Waals surface area contributed by atoms with Crippen molar-refractivity contribution in [3.63, 3.8) is 0 Å². The third-order valence-electron chi connectivity index (χ3n) is 3.82. The van der Waals surface area contributed by atoms with Crippen LogP contribution in [0, 0.1) is 11.3 Å². The van der Waals surface area contributed by atoms with E-state index in [9.17, 15) is 9.59 Å². The SMILES string of the molecule is Cn1c(=O)n(C2CCC(=O)NC2)c2ccc(C#N)cc21. The average molecular weight is 270 g/mol. The van der Waals surface area contributed by atoms with Gasteiger partial charge < -0.3 is 5.32 Å². The molecule has 0 spiro atoms. The first-order valence-corrected chi connectivity index (χ1v) is 6.49. The van der Waals surface area contributed by atoms with Gasteiger partial charge >= 0.3 is 5.69 Å². The van der Waals surface area contributed by atoms with E-state index in [1.165, 1.54) is 0 Å². The van der Waals surface area contributed by atoms with Crippen LogP contribution in [0.25, 0.3) is 11.0 Å². The van der Waals surface area contributed by atoms with E-state index in [0.717, 1.165) is 11.0 Å². The zero-order chi connectivity index (χ0) is 14.3. The first-order chi connectivity index (χ1) is 9.61. The molecule has 20 heavy (non-hydrogen) atoms. The molecule has 102 valence electrons. The van der Waals surface area contributed by atoms with Crippen LogP contribution in [0.3, 0.4) is 0 Å². The molecule has 1 unspecified atom stereocenters. The zero-order valence-corrected chi connectivity index (χ0v) is 11.1. The molecule has 2 aromatic rings. The van der Waals surface area contributed by atoms with E-state index in [-0.39, 0.29) is 17.6 Å². The number of rotatable bonds is 1. The predicted octanol–water partition coefficient (Wildman–Crippen LogP) is 0.663. The summed E-state index contributed by atoms with van der Waals surface area (Å²) in [5.41, 5.74) is 1.96. The van der Waals surface area contributed by atoms with Gasteiger partial charge in [-0.2, -0.15) is 5.26 Å². The van der Waals surface area contributed by atoms with Gasteiger partial charge in [0, 0.05) is 20.0 Å². The van der Waals surface area contributed by atoms with E-state index in [2.05, 4.69) is 11.4 Å². The molecular formula is C14H14N4O2. The van der Waals surface area contributed by atoms with Crippen molar-refractivity contribution >= 4 is 16.9 Å². The quantitative estimate of drug-likeness (QED) is 0.826. The van der Waals surface area contributed by atoms with E-state index in [0.29, 0.717) is 24.9 Å². The van der Waals surface area contributed by atoms with Crippen molar-refractivity contribution in [3.8, 4) is 6.07 Å². The number of hydrogen-bond donors (Lipinski definition) is 1. The van der Waals surface area contributed by atoms with Gasteiger partial charge in [0.1, 0.15) is 0 Å². The minimum atomic E-state index is -0.115. The Hall–Kier alpha value is -2.55. The van der Waals surface area contributed by atoms with Gasteiger partial charge in [0.05, 0.1) is 28.7 Å². The fraction of sp³-hybridized carbons (Fsp3) is 0.357. The van der Waals surface area contributed by atoms with Gasteiger partial charge in [-0.3, -0.25) is 13.9 Å². The summed E-state index contributed by atoms with van der Waals surface area (Å²) in [7, 11) is 1.70. The van der Waals surface area contributed by atoms with Gasteiger partial charge in [0.25, 0.3) is 0 Å². The zero-order valence-electron chi connectivity index (χ0n) is 11.1. The van der Waals surface area contributed by atoms with E-state index in [1.54, 1.807) is 34.4 Å².